The molecule has 0 aliphatic carbocycles. The van der Waals surface area contributed by atoms with E-state index >= 15 is 0 Å². The van der Waals surface area contributed by atoms with E-state index in [2.05, 4.69) is 20.4 Å². The van der Waals surface area contributed by atoms with Gasteiger partial charge in [0, 0.05) is 20.0 Å². The highest BCUT2D eigenvalue weighted by molar-refractivity contribution is 5.43. The number of aryl methyl sites for hydroxylation is 1. The second-order valence-corrected chi connectivity index (χ2v) is 3.49. The third-order valence-corrected chi connectivity index (χ3v) is 2.09. The van der Waals surface area contributed by atoms with Crippen molar-refractivity contribution in [2.24, 2.45) is 7.05 Å². The molecule has 0 amide bonds. The molecule has 0 radical (unpaired) electrons. The number of hydrogen-bond donors (Lipinski definition) is 2. The summed E-state index contributed by atoms with van der Waals surface area (Å²) in [5.41, 5.74) is 6.20. The fraction of sp³-hybridized carbons (Fsp3) is 0.300. The Labute approximate surface area is 93.5 Å². The minimum atomic E-state index is 0.664. The van der Waals surface area contributed by atoms with E-state index in [4.69, 9.17) is 5.73 Å². The summed E-state index contributed by atoms with van der Waals surface area (Å²) in [5.74, 6) is 1.63. The summed E-state index contributed by atoms with van der Waals surface area (Å²) >= 11 is 0. The molecule has 0 unspecified atom stereocenters. The van der Waals surface area contributed by atoms with Gasteiger partial charge in [-0.3, -0.25) is 4.68 Å². The van der Waals surface area contributed by atoms with Crippen LogP contribution >= 0.6 is 0 Å². The molecule has 0 aliphatic rings. The van der Waals surface area contributed by atoms with E-state index in [0.29, 0.717) is 5.69 Å². The number of nitrogen functional groups attached to an aromatic ring is 1. The van der Waals surface area contributed by atoms with Crippen LogP contribution in [0.4, 0.5) is 11.5 Å². The van der Waals surface area contributed by atoms with Gasteiger partial charge in [-0.05, 0) is 12.1 Å². The topological polar surface area (TPSA) is 81.7 Å². The summed E-state index contributed by atoms with van der Waals surface area (Å²) in [4.78, 5) is 8.27. The molecule has 0 atom stereocenters. The molecule has 16 heavy (non-hydrogen) atoms. The molecule has 3 N–H and O–H groups in total. The Morgan fingerprint density at radius 1 is 1.38 bits per heavy atom. The van der Waals surface area contributed by atoms with E-state index in [0.717, 1.165) is 24.6 Å². The molecule has 0 spiro atoms. The first-order valence-corrected chi connectivity index (χ1v) is 5.04. The lowest BCUT2D eigenvalue weighted by atomic mass is 10.4. The number of rotatable bonds is 4. The van der Waals surface area contributed by atoms with Crippen molar-refractivity contribution >= 4 is 11.5 Å². The van der Waals surface area contributed by atoms with E-state index in [9.17, 15) is 0 Å². The van der Waals surface area contributed by atoms with E-state index in [-0.39, 0.29) is 0 Å². The Kier molecular flexibility index (Phi) is 3.00. The van der Waals surface area contributed by atoms with Crippen molar-refractivity contribution in [2.75, 3.05) is 17.6 Å². The van der Waals surface area contributed by atoms with E-state index in [1.54, 1.807) is 17.2 Å². The summed E-state index contributed by atoms with van der Waals surface area (Å²) in [6.45, 7) is 0.751. The van der Waals surface area contributed by atoms with Crippen LogP contribution in [0.15, 0.2) is 24.7 Å². The predicted octanol–water partition coefficient (Wildman–Crippen LogP) is 0.447. The van der Waals surface area contributed by atoms with Gasteiger partial charge in [0.2, 0.25) is 0 Å². The van der Waals surface area contributed by atoms with Gasteiger partial charge in [-0.1, -0.05) is 0 Å². The van der Waals surface area contributed by atoms with Crippen LogP contribution in [0.5, 0.6) is 0 Å². The summed E-state index contributed by atoms with van der Waals surface area (Å²) in [5, 5.41) is 7.35. The lowest BCUT2D eigenvalue weighted by Crippen LogP contribution is -2.07. The van der Waals surface area contributed by atoms with Crippen molar-refractivity contribution in [2.45, 2.75) is 6.42 Å². The van der Waals surface area contributed by atoms with Gasteiger partial charge in [-0.2, -0.15) is 5.10 Å². The number of nitrogens with two attached hydrogens (primary N) is 1. The number of pyridine rings is 1. The van der Waals surface area contributed by atoms with Gasteiger partial charge in [0.25, 0.3) is 0 Å². The molecular weight excluding hydrogens is 204 g/mol. The number of nitrogens with zero attached hydrogens (tertiary/aromatic N) is 4. The standard InChI is InChI=1S/C10H14N6/c1-16-7-14-10(15-16)4-5-12-9-3-2-8(11)6-13-9/h2-3,6-7H,4-5,11H2,1H3,(H,12,13). The summed E-state index contributed by atoms with van der Waals surface area (Å²) in [6.07, 6.45) is 4.09. The number of anilines is 2. The molecule has 2 heterocycles. The minimum absolute atomic E-state index is 0.664. The molecule has 2 aromatic rings. The van der Waals surface area contributed by atoms with Crippen molar-refractivity contribution in [3.8, 4) is 0 Å². The van der Waals surface area contributed by atoms with Crippen LogP contribution in [0.1, 0.15) is 5.82 Å². The highest BCUT2D eigenvalue weighted by atomic mass is 15.3. The molecule has 84 valence electrons. The second kappa shape index (κ2) is 4.61. The van der Waals surface area contributed by atoms with Crippen molar-refractivity contribution in [3.05, 3.63) is 30.5 Å². The maximum Gasteiger partial charge on any atom is 0.152 e. The summed E-state index contributed by atoms with van der Waals surface area (Å²) in [6, 6.07) is 3.66. The van der Waals surface area contributed by atoms with E-state index < -0.39 is 0 Å². The highest BCUT2D eigenvalue weighted by Crippen LogP contribution is 2.05. The van der Waals surface area contributed by atoms with Crippen molar-refractivity contribution in [1.82, 2.24) is 19.7 Å². The van der Waals surface area contributed by atoms with Crippen molar-refractivity contribution < 1.29 is 0 Å². The first-order chi connectivity index (χ1) is 7.74. The first-order valence-electron chi connectivity index (χ1n) is 5.04. The minimum Gasteiger partial charge on any atom is -0.397 e. The first kappa shape index (κ1) is 10.4. The van der Waals surface area contributed by atoms with Gasteiger partial charge < -0.3 is 11.1 Å². The smallest absolute Gasteiger partial charge is 0.152 e. The van der Waals surface area contributed by atoms with Crippen molar-refractivity contribution in [1.29, 1.82) is 0 Å². The van der Waals surface area contributed by atoms with Crippen LogP contribution in [0.3, 0.4) is 0 Å². The maximum absolute atomic E-state index is 5.54. The fourth-order valence-corrected chi connectivity index (χ4v) is 1.31. The lowest BCUT2D eigenvalue weighted by molar-refractivity contribution is 0.742. The number of hydrogen-bond acceptors (Lipinski definition) is 5. The highest BCUT2D eigenvalue weighted by Gasteiger charge is 1.98. The molecule has 2 aromatic heterocycles. The number of aromatic nitrogens is 4. The van der Waals surface area contributed by atoms with Crippen LogP contribution < -0.4 is 11.1 Å². The Bertz CT molecular complexity index is 447. The summed E-state index contributed by atoms with van der Waals surface area (Å²) in [7, 11) is 1.85. The average Bonchev–Trinajstić information content (AvgIpc) is 2.67. The predicted molar refractivity (Wildman–Crippen MR) is 61.8 cm³/mol. The normalized spacial score (nSPS) is 10.3. The molecular formula is C10H14N6. The van der Waals surface area contributed by atoms with Gasteiger partial charge in [0.05, 0.1) is 11.9 Å². The lowest BCUT2D eigenvalue weighted by Gasteiger charge is -2.03. The van der Waals surface area contributed by atoms with Gasteiger partial charge in [0.1, 0.15) is 12.1 Å². The molecule has 6 nitrogen and oxygen atoms in total. The van der Waals surface area contributed by atoms with Crippen LogP contribution in [-0.2, 0) is 13.5 Å². The third kappa shape index (κ3) is 2.69. The quantitative estimate of drug-likeness (QED) is 0.778. The second-order valence-electron chi connectivity index (χ2n) is 3.49. The zero-order valence-electron chi connectivity index (χ0n) is 9.09. The Morgan fingerprint density at radius 3 is 2.88 bits per heavy atom. The van der Waals surface area contributed by atoms with Gasteiger partial charge in [0.15, 0.2) is 5.82 Å². The molecule has 0 aliphatic heterocycles. The number of nitrogens with one attached hydrogen (secondary N) is 1. The fourth-order valence-electron chi connectivity index (χ4n) is 1.31. The summed E-state index contributed by atoms with van der Waals surface area (Å²) < 4.78 is 1.69. The Balaban J connectivity index is 1.82. The van der Waals surface area contributed by atoms with Crippen molar-refractivity contribution in [3.63, 3.8) is 0 Å². The van der Waals surface area contributed by atoms with E-state index in [1.165, 1.54) is 0 Å². The van der Waals surface area contributed by atoms with Crippen LogP contribution in [0.2, 0.25) is 0 Å². The Hall–Kier alpha value is -2.11. The van der Waals surface area contributed by atoms with Gasteiger partial charge >= 0.3 is 0 Å². The molecule has 6 heteroatoms. The molecule has 2 rings (SSSR count). The van der Waals surface area contributed by atoms with Crippen LogP contribution in [0, 0.1) is 0 Å². The molecule has 0 bridgehead atoms. The zero-order chi connectivity index (χ0) is 11.4. The average molecular weight is 218 g/mol. The third-order valence-electron chi connectivity index (χ3n) is 2.09. The zero-order valence-corrected chi connectivity index (χ0v) is 9.09. The SMILES string of the molecule is Cn1cnc(CCNc2ccc(N)cn2)n1. The van der Waals surface area contributed by atoms with E-state index in [1.807, 2.05) is 19.2 Å². The maximum atomic E-state index is 5.54. The van der Waals surface area contributed by atoms with Gasteiger partial charge in [-0.15, -0.1) is 0 Å². The molecule has 0 fully saturated rings. The molecule has 0 saturated carbocycles. The van der Waals surface area contributed by atoms with Crippen LogP contribution in [-0.4, -0.2) is 26.3 Å². The molecule has 0 saturated heterocycles. The molecule has 0 aromatic carbocycles. The monoisotopic (exact) mass is 218 g/mol. The van der Waals surface area contributed by atoms with Gasteiger partial charge in [-0.25, -0.2) is 9.97 Å². The van der Waals surface area contributed by atoms with Crippen LogP contribution in [0.25, 0.3) is 0 Å². The Morgan fingerprint density at radius 2 is 2.25 bits per heavy atom. The largest absolute Gasteiger partial charge is 0.397 e.